The van der Waals surface area contributed by atoms with E-state index in [9.17, 15) is 0 Å². The van der Waals surface area contributed by atoms with E-state index in [-0.39, 0.29) is 35.6 Å². The van der Waals surface area contributed by atoms with Gasteiger partial charge in [-0.2, -0.15) is 0 Å². The number of benzene rings is 1. The minimum atomic E-state index is -0.190. The molecule has 0 saturated carbocycles. The summed E-state index contributed by atoms with van der Waals surface area (Å²) in [5.41, 5.74) is 1.02. The monoisotopic (exact) mass is 502 g/mol. The lowest BCUT2D eigenvalue weighted by molar-refractivity contribution is 0.0694. The van der Waals surface area contributed by atoms with Crippen molar-refractivity contribution in [3.05, 3.63) is 29.8 Å². The zero-order valence-electron chi connectivity index (χ0n) is 18.4. The van der Waals surface area contributed by atoms with Gasteiger partial charge in [0.25, 0.3) is 0 Å². The fraction of sp³-hybridized carbons (Fsp3) is 0.682. The van der Waals surface area contributed by atoms with E-state index in [0.29, 0.717) is 6.04 Å². The number of hydrogen-bond acceptors (Lipinski definition) is 3. The minimum Gasteiger partial charge on any atom is -0.487 e. The Morgan fingerprint density at radius 2 is 2.00 bits per heavy atom. The smallest absolute Gasteiger partial charge is 0.191 e. The fourth-order valence-electron chi connectivity index (χ4n) is 3.34. The molecule has 0 amide bonds. The molecule has 1 aromatic rings. The molecule has 0 aromatic heterocycles. The normalized spacial score (nSPS) is 18.3. The Hall–Kier alpha value is -1.02. The molecule has 2 rings (SSSR count). The number of aliphatic imine (C=N–C) groups is 1. The molecule has 160 valence electrons. The number of halogens is 1. The zero-order chi connectivity index (χ0) is 19.9. The van der Waals surface area contributed by atoms with Crippen LogP contribution in [0, 0.1) is 0 Å². The first kappa shape index (κ1) is 25.0. The Bertz CT molecular complexity index is 618. The predicted octanol–water partition coefficient (Wildman–Crippen LogP) is 4.58. The lowest BCUT2D eigenvalue weighted by atomic mass is 9.90. The molecule has 1 aromatic carbocycles. The van der Waals surface area contributed by atoms with Gasteiger partial charge in [-0.05, 0) is 67.1 Å². The van der Waals surface area contributed by atoms with Gasteiger partial charge in [-0.15, -0.1) is 24.0 Å². The summed E-state index contributed by atoms with van der Waals surface area (Å²) in [5.74, 6) is 1.87. The highest BCUT2D eigenvalue weighted by atomic mass is 127. The van der Waals surface area contributed by atoms with E-state index < -0.39 is 0 Å². The molecule has 0 bridgehead atoms. The summed E-state index contributed by atoms with van der Waals surface area (Å²) in [5, 5.41) is 7.03. The van der Waals surface area contributed by atoms with Gasteiger partial charge in [0.1, 0.15) is 11.4 Å². The van der Waals surface area contributed by atoms with Gasteiger partial charge in [0.2, 0.25) is 0 Å². The molecule has 1 heterocycles. The topological polar surface area (TPSA) is 48.9 Å². The van der Waals surface area contributed by atoms with Crippen LogP contribution in [0.15, 0.2) is 29.3 Å². The van der Waals surface area contributed by atoms with Crippen LogP contribution < -0.4 is 15.4 Å². The van der Waals surface area contributed by atoms with Crippen LogP contribution in [0.4, 0.5) is 0 Å². The quantitative estimate of drug-likeness (QED) is 0.237. The molecule has 0 radical (unpaired) electrons. The number of hydrogen-bond donors (Lipinski definition) is 2. The van der Waals surface area contributed by atoms with E-state index >= 15 is 0 Å². The number of fused-ring (bicyclic) bond motifs is 1. The number of ether oxygens (including phenoxy) is 1. The number of rotatable bonds is 8. The van der Waals surface area contributed by atoms with Crippen molar-refractivity contribution in [2.45, 2.75) is 71.6 Å². The van der Waals surface area contributed by atoms with Gasteiger partial charge in [-0.25, -0.2) is 0 Å². The van der Waals surface area contributed by atoms with Crippen LogP contribution in [-0.4, -0.2) is 49.2 Å². The number of guanidine groups is 1. The Morgan fingerprint density at radius 3 is 2.68 bits per heavy atom. The maximum atomic E-state index is 6.14. The Labute approximate surface area is 188 Å². The van der Waals surface area contributed by atoms with Crippen molar-refractivity contribution in [3.63, 3.8) is 0 Å². The molecule has 0 fully saturated rings. The highest BCUT2D eigenvalue weighted by molar-refractivity contribution is 14.0. The molecule has 6 heteroatoms. The van der Waals surface area contributed by atoms with E-state index in [1.54, 1.807) is 0 Å². The summed E-state index contributed by atoms with van der Waals surface area (Å²) < 4.78 is 6.14. The number of nitrogens with one attached hydrogen (secondary N) is 2. The molecule has 1 unspecified atom stereocenters. The molecule has 1 atom stereocenters. The second-order valence-electron chi connectivity index (χ2n) is 8.34. The second kappa shape index (κ2) is 11.9. The second-order valence-corrected chi connectivity index (χ2v) is 8.34. The van der Waals surface area contributed by atoms with Gasteiger partial charge >= 0.3 is 0 Å². The van der Waals surface area contributed by atoms with Crippen LogP contribution in [0.2, 0.25) is 0 Å². The van der Waals surface area contributed by atoms with Crippen LogP contribution in [-0.2, 0) is 0 Å². The first-order valence-corrected chi connectivity index (χ1v) is 10.4. The summed E-state index contributed by atoms with van der Waals surface area (Å²) in [6, 6.07) is 9.11. The average Bonchev–Trinajstić information content (AvgIpc) is 2.60. The van der Waals surface area contributed by atoms with Crippen molar-refractivity contribution in [2.24, 2.45) is 4.99 Å². The van der Waals surface area contributed by atoms with Crippen molar-refractivity contribution < 1.29 is 4.74 Å². The SMILES string of the molecule is CCNC(=NCCCCN(C)C(C)C)NC1CC(C)(C)Oc2ccccc21.I. The summed E-state index contributed by atoms with van der Waals surface area (Å²) in [4.78, 5) is 7.19. The summed E-state index contributed by atoms with van der Waals surface area (Å²) >= 11 is 0. The maximum Gasteiger partial charge on any atom is 0.191 e. The molecule has 0 aliphatic carbocycles. The van der Waals surface area contributed by atoms with Gasteiger partial charge in [0.05, 0.1) is 6.04 Å². The minimum absolute atomic E-state index is 0. The van der Waals surface area contributed by atoms with Crippen molar-refractivity contribution in [1.82, 2.24) is 15.5 Å². The van der Waals surface area contributed by atoms with Crippen LogP contribution >= 0.6 is 24.0 Å². The lowest BCUT2D eigenvalue weighted by Crippen LogP contribution is -2.45. The number of unbranched alkanes of at least 4 members (excludes halogenated alkanes) is 1. The van der Waals surface area contributed by atoms with Crippen LogP contribution in [0.3, 0.4) is 0 Å². The summed E-state index contributed by atoms with van der Waals surface area (Å²) in [6.45, 7) is 13.7. The van der Waals surface area contributed by atoms with Gasteiger partial charge in [-0.1, -0.05) is 18.2 Å². The molecule has 1 aliphatic rings. The molecule has 0 saturated heterocycles. The van der Waals surface area contributed by atoms with E-state index in [1.807, 2.05) is 6.07 Å². The van der Waals surface area contributed by atoms with Crippen molar-refractivity contribution in [3.8, 4) is 5.75 Å². The third kappa shape index (κ3) is 7.78. The maximum absolute atomic E-state index is 6.14. The van der Waals surface area contributed by atoms with E-state index in [0.717, 1.165) is 44.2 Å². The number of para-hydroxylation sites is 1. The lowest BCUT2D eigenvalue weighted by Gasteiger charge is -2.38. The van der Waals surface area contributed by atoms with Gasteiger partial charge < -0.3 is 20.3 Å². The molecular formula is C22H39IN4O. The third-order valence-electron chi connectivity index (χ3n) is 5.10. The molecule has 28 heavy (non-hydrogen) atoms. The average molecular weight is 502 g/mol. The van der Waals surface area contributed by atoms with Crippen LogP contribution in [0.1, 0.15) is 65.5 Å². The standard InChI is InChI=1S/C22H38N4O.HI/c1-7-23-21(24-14-10-11-15-26(6)17(2)3)25-19-16-22(4,5)27-20-13-9-8-12-18(19)20;/h8-9,12-13,17,19H,7,10-11,14-16H2,1-6H3,(H2,23,24,25);1H. The summed E-state index contributed by atoms with van der Waals surface area (Å²) in [7, 11) is 2.18. The van der Waals surface area contributed by atoms with Gasteiger partial charge in [0.15, 0.2) is 5.96 Å². The number of nitrogens with zero attached hydrogens (tertiary/aromatic N) is 2. The molecular weight excluding hydrogens is 463 g/mol. The van der Waals surface area contributed by atoms with E-state index in [2.05, 4.69) is 75.4 Å². The third-order valence-corrected chi connectivity index (χ3v) is 5.10. The highest BCUT2D eigenvalue weighted by Crippen LogP contribution is 2.39. The Kier molecular flexibility index (Phi) is 10.6. The first-order valence-electron chi connectivity index (χ1n) is 10.4. The molecule has 0 spiro atoms. The van der Waals surface area contributed by atoms with Crippen molar-refractivity contribution >= 4 is 29.9 Å². The molecule has 1 aliphatic heterocycles. The van der Waals surface area contributed by atoms with Crippen molar-refractivity contribution in [2.75, 3.05) is 26.7 Å². The Balaban J connectivity index is 0.00000392. The van der Waals surface area contributed by atoms with Crippen molar-refractivity contribution in [1.29, 1.82) is 0 Å². The highest BCUT2D eigenvalue weighted by Gasteiger charge is 2.33. The van der Waals surface area contributed by atoms with Crippen LogP contribution in [0.25, 0.3) is 0 Å². The fourth-order valence-corrected chi connectivity index (χ4v) is 3.34. The molecule has 5 nitrogen and oxygen atoms in total. The van der Waals surface area contributed by atoms with E-state index in [4.69, 9.17) is 9.73 Å². The van der Waals surface area contributed by atoms with Gasteiger partial charge in [-0.3, -0.25) is 4.99 Å². The summed E-state index contributed by atoms with van der Waals surface area (Å²) in [6.07, 6.45) is 3.18. The Morgan fingerprint density at radius 1 is 1.29 bits per heavy atom. The molecule has 2 N–H and O–H groups in total. The predicted molar refractivity (Wildman–Crippen MR) is 130 cm³/mol. The van der Waals surface area contributed by atoms with Gasteiger partial charge in [0, 0.05) is 31.1 Å². The zero-order valence-corrected chi connectivity index (χ0v) is 20.7. The largest absolute Gasteiger partial charge is 0.487 e. The first-order chi connectivity index (χ1) is 12.8. The van der Waals surface area contributed by atoms with Crippen LogP contribution in [0.5, 0.6) is 5.75 Å². The van der Waals surface area contributed by atoms with E-state index in [1.165, 1.54) is 12.0 Å².